The molecule has 0 aromatic heterocycles. The fourth-order valence-electron chi connectivity index (χ4n) is 2.57. The number of halogens is 1. The lowest BCUT2D eigenvalue weighted by Crippen LogP contribution is -2.39. The summed E-state index contributed by atoms with van der Waals surface area (Å²) in [7, 11) is 0. The van der Waals surface area contributed by atoms with E-state index < -0.39 is 6.29 Å². The van der Waals surface area contributed by atoms with Gasteiger partial charge in [-0.1, -0.05) is 11.6 Å². The van der Waals surface area contributed by atoms with E-state index in [1.807, 2.05) is 13.0 Å². The van der Waals surface area contributed by atoms with Crippen molar-refractivity contribution in [3.8, 4) is 11.5 Å². The maximum absolute atomic E-state index is 6.29. The number of rotatable bonds is 1. The van der Waals surface area contributed by atoms with Crippen molar-refractivity contribution in [2.45, 2.75) is 45.2 Å². The van der Waals surface area contributed by atoms with Crippen LogP contribution < -0.4 is 9.47 Å². The molecule has 0 N–H and O–H groups in total. The second kappa shape index (κ2) is 4.54. The third-order valence-electron chi connectivity index (χ3n) is 3.31. The molecule has 0 unspecified atom stereocenters. The summed E-state index contributed by atoms with van der Waals surface area (Å²) >= 11 is 6.29. The molecule has 104 valence electrons. The Morgan fingerprint density at radius 1 is 1.21 bits per heavy atom. The highest BCUT2D eigenvalue weighted by molar-refractivity contribution is 6.31. The van der Waals surface area contributed by atoms with Gasteiger partial charge < -0.3 is 18.9 Å². The summed E-state index contributed by atoms with van der Waals surface area (Å²) in [6.07, 6.45) is 0.502. The first-order valence-corrected chi connectivity index (χ1v) is 6.75. The van der Waals surface area contributed by atoms with Crippen LogP contribution in [0.1, 0.15) is 39.0 Å². The Bertz CT molecular complexity index is 500. The maximum atomic E-state index is 6.29. The molecule has 0 bridgehead atoms. The number of ether oxygens (including phenoxy) is 4. The monoisotopic (exact) mass is 284 g/mol. The zero-order valence-electron chi connectivity index (χ0n) is 11.2. The van der Waals surface area contributed by atoms with Crippen molar-refractivity contribution in [2.75, 3.05) is 6.79 Å². The second-order valence-corrected chi connectivity index (χ2v) is 5.99. The topological polar surface area (TPSA) is 36.9 Å². The minimum atomic E-state index is -0.472. The normalized spacial score (nSPS) is 28.4. The van der Waals surface area contributed by atoms with Crippen molar-refractivity contribution >= 4 is 11.6 Å². The van der Waals surface area contributed by atoms with Crippen molar-refractivity contribution in [1.82, 2.24) is 0 Å². The Kier molecular flexibility index (Phi) is 3.12. The Hall–Kier alpha value is -0.970. The predicted molar refractivity (Wildman–Crippen MR) is 70.6 cm³/mol. The first-order valence-electron chi connectivity index (χ1n) is 6.37. The lowest BCUT2D eigenvalue weighted by atomic mass is 9.99. The van der Waals surface area contributed by atoms with Crippen LogP contribution in [0.25, 0.3) is 0 Å². The summed E-state index contributed by atoms with van der Waals surface area (Å²) in [5.74, 6) is 1.35. The van der Waals surface area contributed by atoms with E-state index in [0.29, 0.717) is 16.5 Å². The Balaban J connectivity index is 1.93. The van der Waals surface area contributed by atoms with E-state index in [0.717, 1.165) is 12.0 Å². The van der Waals surface area contributed by atoms with Crippen molar-refractivity contribution in [1.29, 1.82) is 0 Å². The zero-order valence-corrected chi connectivity index (χ0v) is 12.0. The van der Waals surface area contributed by atoms with Gasteiger partial charge in [0.2, 0.25) is 6.79 Å². The molecule has 1 aromatic carbocycles. The largest absolute Gasteiger partial charge is 0.454 e. The molecule has 1 fully saturated rings. The van der Waals surface area contributed by atoms with E-state index in [4.69, 9.17) is 30.5 Å². The van der Waals surface area contributed by atoms with E-state index in [1.165, 1.54) is 0 Å². The van der Waals surface area contributed by atoms with Crippen LogP contribution >= 0.6 is 11.6 Å². The Morgan fingerprint density at radius 3 is 2.58 bits per heavy atom. The van der Waals surface area contributed by atoms with Crippen LogP contribution in [0.2, 0.25) is 5.02 Å². The molecule has 0 amide bonds. The van der Waals surface area contributed by atoms with Gasteiger partial charge in [-0.2, -0.15) is 0 Å². The van der Waals surface area contributed by atoms with Crippen LogP contribution in [0, 0.1) is 0 Å². The molecule has 0 saturated carbocycles. The van der Waals surface area contributed by atoms with Crippen LogP contribution in [0.5, 0.6) is 11.5 Å². The predicted octanol–water partition coefficient (Wildman–Crippen LogP) is 3.67. The van der Waals surface area contributed by atoms with E-state index in [9.17, 15) is 0 Å². The van der Waals surface area contributed by atoms with Crippen LogP contribution in [0.15, 0.2) is 12.1 Å². The lowest BCUT2D eigenvalue weighted by molar-refractivity contribution is -0.273. The Labute approximate surface area is 117 Å². The molecular formula is C14H17ClO4. The summed E-state index contributed by atoms with van der Waals surface area (Å²) < 4.78 is 22.5. The third-order valence-corrected chi connectivity index (χ3v) is 3.63. The van der Waals surface area contributed by atoms with Gasteiger partial charge in [0, 0.05) is 18.1 Å². The zero-order chi connectivity index (χ0) is 13.6. The molecule has 0 spiro atoms. The van der Waals surface area contributed by atoms with E-state index in [2.05, 4.69) is 13.8 Å². The van der Waals surface area contributed by atoms with Crippen molar-refractivity contribution in [3.63, 3.8) is 0 Å². The number of hydrogen-bond donors (Lipinski definition) is 0. The van der Waals surface area contributed by atoms with E-state index >= 15 is 0 Å². The molecule has 4 nitrogen and oxygen atoms in total. The van der Waals surface area contributed by atoms with Gasteiger partial charge in [-0.15, -0.1) is 0 Å². The number of benzene rings is 1. The first kappa shape index (κ1) is 13.0. The smallest absolute Gasteiger partial charge is 0.231 e. The van der Waals surface area contributed by atoms with Gasteiger partial charge in [-0.25, -0.2) is 0 Å². The van der Waals surface area contributed by atoms with Gasteiger partial charge in [0.1, 0.15) is 0 Å². The first-order chi connectivity index (χ1) is 8.94. The van der Waals surface area contributed by atoms with Crippen LogP contribution in [0.3, 0.4) is 0 Å². The van der Waals surface area contributed by atoms with Crippen molar-refractivity contribution in [3.05, 3.63) is 22.7 Å². The summed E-state index contributed by atoms with van der Waals surface area (Å²) in [5.41, 5.74) is 0.549. The van der Waals surface area contributed by atoms with Gasteiger partial charge in [0.05, 0.1) is 16.7 Å². The quantitative estimate of drug-likeness (QED) is 0.788. The average Bonchev–Trinajstić information content (AvgIpc) is 2.71. The molecule has 2 aliphatic heterocycles. The Morgan fingerprint density at radius 2 is 1.89 bits per heavy atom. The highest BCUT2D eigenvalue weighted by Crippen LogP contribution is 2.43. The molecule has 0 radical (unpaired) electrons. The molecular weight excluding hydrogens is 268 g/mol. The molecule has 1 aromatic rings. The van der Waals surface area contributed by atoms with Gasteiger partial charge in [0.15, 0.2) is 17.8 Å². The summed E-state index contributed by atoms with van der Waals surface area (Å²) in [5, 5.41) is 0.569. The number of hydrogen-bond acceptors (Lipinski definition) is 4. The van der Waals surface area contributed by atoms with E-state index in [1.54, 1.807) is 6.07 Å². The van der Waals surface area contributed by atoms with Crippen LogP contribution in [0.4, 0.5) is 0 Å². The average molecular weight is 285 g/mol. The molecule has 1 saturated heterocycles. The lowest BCUT2D eigenvalue weighted by Gasteiger charge is -2.39. The SMILES string of the molecule is C[C@H]1CC(C)(C)O[C@H](c2cc3c(cc2Cl)OCO3)O1. The second-order valence-electron chi connectivity index (χ2n) is 5.59. The molecule has 2 atom stereocenters. The highest BCUT2D eigenvalue weighted by atomic mass is 35.5. The van der Waals surface area contributed by atoms with Gasteiger partial charge in [-0.05, 0) is 26.8 Å². The van der Waals surface area contributed by atoms with Crippen LogP contribution in [-0.2, 0) is 9.47 Å². The third kappa shape index (κ3) is 2.53. The van der Waals surface area contributed by atoms with Gasteiger partial charge in [-0.3, -0.25) is 0 Å². The molecule has 3 rings (SSSR count). The minimum Gasteiger partial charge on any atom is -0.454 e. The molecule has 5 heteroatoms. The number of fused-ring (bicyclic) bond motifs is 1. The van der Waals surface area contributed by atoms with Crippen LogP contribution in [-0.4, -0.2) is 18.5 Å². The summed E-state index contributed by atoms with van der Waals surface area (Å²) in [6.45, 7) is 6.38. The molecule has 19 heavy (non-hydrogen) atoms. The summed E-state index contributed by atoms with van der Waals surface area (Å²) in [4.78, 5) is 0. The van der Waals surface area contributed by atoms with Crippen molar-refractivity contribution in [2.24, 2.45) is 0 Å². The standard InChI is InChI=1S/C14H17ClO4/c1-8-6-14(2,3)19-13(18-8)9-4-11-12(5-10(9)15)17-7-16-11/h4-5,8,13H,6-7H2,1-3H3/t8-,13+/m0/s1. The molecule has 0 aliphatic carbocycles. The van der Waals surface area contributed by atoms with Gasteiger partial charge in [0.25, 0.3) is 0 Å². The van der Waals surface area contributed by atoms with Crippen molar-refractivity contribution < 1.29 is 18.9 Å². The molecule has 2 aliphatic rings. The molecule has 2 heterocycles. The van der Waals surface area contributed by atoms with E-state index in [-0.39, 0.29) is 18.5 Å². The fraction of sp³-hybridized carbons (Fsp3) is 0.571. The fourth-order valence-corrected chi connectivity index (χ4v) is 2.81. The highest BCUT2D eigenvalue weighted by Gasteiger charge is 2.35. The maximum Gasteiger partial charge on any atom is 0.231 e. The summed E-state index contributed by atoms with van der Waals surface area (Å²) in [6, 6.07) is 3.58. The minimum absolute atomic E-state index is 0.121. The van der Waals surface area contributed by atoms with Gasteiger partial charge >= 0.3 is 0 Å².